The first kappa shape index (κ1) is 12.1. The van der Waals surface area contributed by atoms with E-state index in [1.165, 1.54) is 18.5 Å². The molecule has 0 aromatic heterocycles. The highest BCUT2D eigenvalue weighted by atomic mass is 15.0. The molecule has 0 aliphatic rings. The predicted molar refractivity (Wildman–Crippen MR) is 67.3 cm³/mol. The second-order valence-electron chi connectivity index (χ2n) is 3.76. The summed E-state index contributed by atoms with van der Waals surface area (Å²) < 4.78 is 0. The first-order chi connectivity index (χ1) is 7.36. The van der Waals surface area contributed by atoms with E-state index in [1.807, 2.05) is 6.07 Å². The minimum absolute atomic E-state index is 0.669. The standard InChI is InChI=1S/C13H22N2/c1-3-12(4-2)14-10-11-15-13-8-6-5-7-9-13/h5-9,12,14-15H,3-4,10-11H2,1-2H3. The molecule has 0 aliphatic carbocycles. The zero-order valence-electron chi connectivity index (χ0n) is 9.79. The van der Waals surface area contributed by atoms with Crippen LogP contribution in [0, 0.1) is 0 Å². The van der Waals surface area contributed by atoms with Crippen LogP contribution in [0.2, 0.25) is 0 Å². The number of benzene rings is 1. The molecule has 0 aliphatic heterocycles. The molecule has 0 bridgehead atoms. The van der Waals surface area contributed by atoms with Crippen LogP contribution in [0.3, 0.4) is 0 Å². The Labute approximate surface area is 93.1 Å². The fourth-order valence-electron chi connectivity index (χ4n) is 1.62. The molecule has 84 valence electrons. The van der Waals surface area contributed by atoms with Gasteiger partial charge in [-0.3, -0.25) is 0 Å². The van der Waals surface area contributed by atoms with Crippen molar-refractivity contribution in [1.29, 1.82) is 0 Å². The van der Waals surface area contributed by atoms with Crippen molar-refractivity contribution in [1.82, 2.24) is 5.32 Å². The second kappa shape index (κ2) is 7.30. The van der Waals surface area contributed by atoms with Crippen LogP contribution in [0.4, 0.5) is 5.69 Å². The van der Waals surface area contributed by atoms with Gasteiger partial charge in [0.1, 0.15) is 0 Å². The molecule has 0 amide bonds. The summed E-state index contributed by atoms with van der Waals surface area (Å²) in [6, 6.07) is 11.0. The SMILES string of the molecule is CCC(CC)NCCNc1ccccc1. The van der Waals surface area contributed by atoms with Crippen LogP contribution in [-0.4, -0.2) is 19.1 Å². The van der Waals surface area contributed by atoms with Crippen LogP contribution in [0.15, 0.2) is 30.3 Å². The molecule has 0 fully saturated rings. The van der Waals surface area contributed by atoms with Gasteiger partial charge in [-0.25, -0.2) is 0 Å². The predicted octanol–water partition coefficient (Wildman–Crippen LogP) is 2.88. The summed E-state index contributed by atoms with van der Waals surface area (Å²) in [7, 11) is 0. The Balaban J connectivity index is 2.12. The highest BCUT2D eigenvalue weighted by molar-refractivity contribution is 5.42. The maximum Gasteiger partial charge on any atom is 0.0340 e. The number of para-hydroxylation sites is 1. The molecule has 0 radical (unpaired) electrons. The van der Waals surface area contributed by atoms with Crippen molar-refractivity contribution in [2.75, 3.05) is 18.4 Å². The minimum Gasteiger partial charge on any atom is -0.384 e. The summed E-state index contributed by atoms with van der Waals surface area (Å²) in [5.74, 6) is 0. The maximum atomic E-state index is 3.53. The van der Waals surface area contributed by atoms with Crippen LogP contribution in [0.5, 0.6) is 0 Å². The number of hydrogen-bond donors (Lipinski definition) is 2. The highest BCUT2D eigenvalue weighted by Gasteiger charge is 2.00. The Morgan fingerprint density at radius 2 is 1.67 bits per heavy atom. The number of anilines is 1. The van der Waals surface area contributed by atoms with E-state index in [1.54, 1.807) is 0 Å². The lowest BCUT2D eigenvalue weighted by atomic mass is 10.2. The zero-order valence-corrected chi connectivity index (χ0v) is 9.79. The van der Waals surface area contributed by atoms with Crippen LogP contribution in [-0.2, 0) is 0 Å². The molecule has 0 spiro atoms. The van der Waals surface area contributed by atoms with E-state index < -0.39 is 0 Å². The molecular formula is C13H22N2. The van der Waals surface area contributed by atoms with E-state index in [4.69, 9.17) is 0 Å². The third kappa shape index (κ3) is 4.84. The van der Waals surface area contributed by atoms with Gasteiger partial charge in [-0.15, -0.1) is 0 Å². The van der Waals surface area contributed by atoms with Gasteiger partial charge >= 0.3 is 0 Å². The Bertz CT molecular complexity index is 242. The van der Waals surface area contributed by atoms with Crippen molar-refractivity contribution in [2.45, 2.75) is 32.7 Å². The van der Waals surface area contributed by atoms with Crippen molar-refractivity contribution in [3.8, 4) is 0 Å². The van der Waals surface area contributed by atoms with Crippen LogP contribution >= 0.6 is 0 Å². The van der Waals surface area contributed by atoms with E-state index in [-0.39, 0.29) is 0 Å². The smallest absolute Gasteiger partial charge is 0.0340 e. The lowest BCUT2D eigenvalue weighted by Gasteiger charge is -2.15. The van der Waals surface area contributed by atoms with Crippen LogP contribution in [0.25, 0.3) is 0 Å². The average molecular weight is 206 g/mol. The number of hydrogen-bond acceptors (Lipinski definition) is 2. The number of nitrogens with one attached hydrogen (secondary N) is 2. The van der Waals surface area contributed by atoms with Gasteiger partial charge in [-0.05, 0) is 25.0 Å². The summed E-state index contributed by atoms with van der Waals surface area (Å²) in [4.78, 5) is 0. The number of rotatable bonds is 7. The first-order valence-electron chi connectivity index (χ1n) is 5.89. The lowest BCUT2D eigenvalue weighted by Crippen LogP contribution is -2.31. The molecule has 15 heavy (non-hydrogen) atoms. The van der Waals surface area contributed by atoms with Gasteiger partial charge in [0.2, 0.25) is 0 Å². The molecule has 0 saturated carbocycles. The monoisotopic (exact) mass is 206 g/mol. The third-order valence-electron chi connectivity index (χ3n) is 2.65. The normalized spacial score (nSPS) is 10.6. The second-order valence-corrected chi connectivity index (χ2v) is 3.76. The molecule has 2 nitrogen and oxygen atoms in total. The van der Waals surface area contributed by atoms with E-state index in [2.05, 4.69) is 48.7 Å². The molecule has 0 atom stereocenters. The van der Waals surface area contributed by atoms with Gasteiger partial charge in [0.15, 0.2) is 0 Å². The van der Waals surface area contributed by atoms with Crippen molar-refractivity contribution in [3.63, 3.8) is 0 Å². The largest absolute Gasteiger partial charge is 0.384 e. The van der Waals surface area contributed by atoms with Crippen LogP contribution < -0.4 is 10.6 Å². The van der Waals surface area contributed by atoms with Gasteiger partial charge in [-0.2, -0.15) is 0 Å². The Hall–Kier alpha value is -1.02. The maximum absolute atomic E-state index is 3.53. The summed E-state index contributed by atoms with van der Waals surface area (Å²) in [5, 5.41) is 6.91. The van der Waals surface area contributed by atoms with E-state index in [9.17, 15) is 0 Å². The first-order valence-corrected chi connectivity index (χ1v) is 5.89. The zero-order chi connectivity index (χ0) is 10.9. The fourth-order valence-corrected chi connectivity index (χ4v) is 1.62. The minimum atomic E-state index is 0.669. The van der Waals surface area contributed by atoms with Crippen molar-refractivity contribution >= 4 is 5.69 Å². The van der Waals surface area contributed by atoms with Crippen molar-refractivity contribution in [2.24, 2.45) is 0 Å². The summed E-state index contributed by atoms with van der Waals surface area (Å²) in [6.45, 7) is 6.47. The lowest BCUT2D eigenvalue weighted by molar-refractivity contribution is 0.494. The molecular weight excluding hydrogens is 184 g/mol. The highest BCUT2D eigenvalue weighted by Crippen LogP contribution is 2.03. The summed E-state index contributed by atoms with van der Waals surface area (Å²) in [6.07, 6.45) is 2.42. The summed E-state index contributed by atoms with van der Waals surface area (Å²) in [5.41, 5.74) is 1.20. The van der Waals surface area contributed by atoms with Gasteiger partial charge in [-0.1, -0.05) is 32.0 Å². The van der Waals surface area contributed by atoms with Crippen molar-refractivity contribution < 1.29 is 0 Å². The molecule has 0 unspecified atom stereocenters. The van der Waals surface area contributed by atoms with Gasteiger partial charge in [0.25, 0.3) is 0 Å². The molecule has 1 rings (SSSR count). The Morgan fingerprint density at radius 3 is 2.27 bits per heavy atom. The average Bonchev–Trinajstić information content (AvgIpc) is 2.31. The molecule has 1 aromatic rings. The molecule has 0 saturated heterocycles. The Morgan fingerprint density at radius 1 is 1.00 bits per heavy atom. The third-order valence-corrected chi connectivity index (χ3v) is 2.65. The van der Waals surface area contributed by atoms with Crippen molar-refractivity contribution in [3.05, 3.63) is 30.3 Å². The van der Waals surface area contributed by atoms with E-state index in [0.29, 0.717) is 6.04 Å². The Kier molecular flexibility index (Phi) is 5.86. The fraction of sp³-hybridized carbons (Fsp3) is 0.538. The molecule has 0 heterocycles. The summed E-state index contributed by atoms with van der Waals surface area (Å²) >= 11 is 0. The molecule has 2 N–H and O–H groups in total. The molecule has 1 aromatic carbocycles. The van der Waals surface area contributed by atoms with E-state index in [0.717, 1.165) is 13.1 Å². The van der Waals surface area contributed by atoms with Gasteiger partial charge in [0, 0.05) is 24.8 Å². The van der Waals surface area contributed by atoms with Crippen LogP contribution in [0.1, 0.15) is 26.7 Å². The van der Waals surface area contributed by atoms with Gasteiger partial charge < -0.3 is 10.6 Å². The topological polar surface area (TPSA) is 24.1 Å². The van der Waals surface area contributed by atoms with E-state index >= 15 is 0 Å². The quantitative estimate of drug-likeness (QED) is 0.670. The molecule has 2 heteroatoms. The van der Waals surface area contributed by atoms with Gasteiger partial charge in [0.05, 0.1) is 0 Å².